The molecule has 9 saturated heterocycles. The van der Waals surface area contributed by atoms with E-state index in [-0.39, 0.29) is 12.3 Å². The Balaban J connectivity index is 0.914. The molecule has 149 heavy (non-hydrogen) atoms. The van der Waals surface area contributed by atoms with Crippen molar-refractivity contribution in [2.24, 2.45) is 0 Å². The highest BCUT2D eigenvalue weighted by atomic mass is 16.8. The van der Waals surface area contributed by atoms with Gasteiger partial charge in [0.25, 0.3) is 0 Å². The van der Waals surface area contributed by atoms with Gasteiger partial charge < -0.3 is 234 Å². The van der Waals surface area contributed by atoms with Crippen LogP contribution in [-0.2, 0) is 104 Å². The molecule has 9 aliphatic rings. The maximum atomic E-state index is 13.7. The Kier molecular flexibility index (Phi) is 56.4. The minimum Gasteiger partial charge on any atom is -0.394 e. The van der Waals surface area contributed by atoms with Gasteiger partial charge in [-0.25, -0.2) is 0 Å². The summed E-state index contributed by atoms with van der Waals surface area (Å²) >= 11 is 0. The Morgan fingerprint density at radius 3 is 0.993 bits per heavy atom. The molecule has 0 aromatic carbocycles. The monoisotopic (exact) mass is 2160 g/mol. The first-order chi connectivity index (χ1) is 71.3. The molecule has 29 N–H and O–H groups in total. The van der Waals surface area contributed by atoms with E-state index in [4.69, 9.17) is 85.3 Å². The van der Waals surface area contributed by atoms with Gasteiger partial charge in [-0.15, -0.1) is 0 Å². The summed E-state index contributed by atoms with van der Waals surface area (Å²) in [5.41, 5.74) is 0. The van der Waals surface area contributed by atoms with Crippen LogP contribution in [0.3, 0.4) is 0 Å². The molecule has 0 aliphatic carbocycles. The summed E-state index contributed by atoms with van der Waals surface area (Å²) in [4.78, 5) is 53.5. The van der Waals surface area contributed by atoms with Crippen LogP contribution >= 0.6 is 0 Å². The van der Waals surface area contributed by atoms with Crippen LogP contribution in [0.4, 0.5) is 0 Å². The predicted molar refractivity (Wildman–Crippen MR) is 511 cm³/mol. The van der Waals surface area contributed by atoms with Gasteiger partial charge in [0.05, 0.1) is 77.7 Å². The van der Waals surface area contributed by atoms with Crippen molar-refractivity contribution in [2.75, 3.05) is 59.5 Å². The van der Waals surface area contributed by atoms with Crippen molar-refractivity contribution in [1.82, 2.24) is 21.3 Å². The number of hydrogen-bond acceptors (Lipinski definition) is 47. The summed E-state index contributed by atoms with van der Waals surface area (Å²) in [7, 11) is 0. The smallest absolute Gasteiger partial charge is 0.220 e. The molecule has 868 valence electrons. The van der Waals surface area contributed by atoms with Crippen LogP contribution in [0.2, 0.25) is 0 Å². The number of nitrogens with one attached hydrogen (secondary N) is 4. The molecule has 0 radical (unpaired) electrons. The number of carbonyl (C=O) groups excluding carboxylic acids is 4. The number of aliphatic hydroxyl groups is 25. The molecule has 4 amide bonds. The van der Waals surface area contributed by atoms with Gasteiger partial charge in [-0.3, -0.25) is 19.2 Å². The van der Waals surface area contributed by atoms with Crippen molar-refractivity contribution in [1.29, 1.82) is 0 Å². The molecule has 9 heterocycles. The molecule has 0 aromatic rings. The quantitative estimate of drug-likeness (QED) is 0.0199. The maximum absolute atomic E-state index is 13.7. The Bertz CT molecular complexity index is 3760. The van der Waals surface area contributed by atoms with Gasteiger partial charge in [0.15, 0.2) is 56.6 Å². The molecule has 47 atom stereocenters. The summed E-state index contributed by atoms with van der Waals surface area (Å²) < 4.78 is 108. The maximum Gasteiger partial charge on any atom is 0.220 e. The Morgan fingerprint density at radius 2 is 0.577 bits per heavy atom. The second-order valence-electron chi connectivity index (χ2n) is 40.5. The molecular weight excluding hydrogens is 1990 g/mol. The van der Waals surface area contributed by atoms with E-state index in [1.165, 1.54) is 116 Å². The normalized spacial score (nSPS) is 40.2. The number of allylic oxidation sites excluding steroid dienone is 1. The first kappa shape index (κ1) is 128. The highest BCUT2D eigenvalue weighted by Gasteiger charge is 2.61. The largest absolute Gasteiger partial charge is 0.394 e. The fourth-order valence-electron chi connectivity index (χ4n) is 20.1. The van der Waals surface area contributed by atoms with Crippen molar-refractivity contribution in [3.05, 3.63) is 12.2 Å². The molecule has 0 spiro atoms. The average molecular weight is 2160 g/mol. The van der Waals surface area contributed by atoms with E-state index in [1.54, 1.807) is 6.08 Å². The Labute approximate surface area is 867 Å². The van der Waals surface area contributed by atoms with Gasteiger partial charge in [-0.05, 0) is 26.2 Å². The number of unbranched alkanes of at least 4 members (excludes halogenated alkanes) is 27. The lowest BCUT2D eigenvalue weighted by molar-refractivity contribution is -0.391. The molecular formula is C98H174N4O47. The van der Waals surface area contributed by atoms with Crippen molar-refractivity contribution >= 4 is 23.6 Å². The third-order valence-corrected chi connectivity index (χ3v) is 28.9. The lowest BCUT2D eigenvalue weighted by Crippen LogP contribution is -2.71. The number of carbonyl (C=O) groups is 4. The van der Waals surface area contributed by atoms with E-state index >= 15 is 0 Å². The zero-order valence-corrected chi connectivity index (χ0v) is 86.0. The van der Waals surface area contributed by atoms with Crippen molar-refractivity contribution in [3.63, 3.8) is 0 Å². The standard InChI is InChI=1S/C98H174N4O47/c1-7-9-11-13-15-17-19-21-22-23-24-26-28-30-32-34-36-38-62(114)102-52(53(113)37-35-33-31-29-27-25-20-18-16-14-12-10-8-2)46-132-93-80(129)77(126)86(60(45-109)141-93)145-96-81(130)87(69(118)56(41-105)136-96)147-91-65(101-51(6)112)73(122)84(59(44-108)140-91)144-97-82(131)88(148-92-64(100-50(5)111)72(121)83(58(43-107)139-92)143-95-79(128)75(124)67(116)54(39-103)135-95)70(119)61(142-97)47-133-90-63(99-49(4)110)71(120)85(57(42-106)138-90)146-98-89(76(125)68(117)55(40-104)137-98)149-94-78(127)74(123)66(115)48(3)134-94/h35,37,48,52-61,63-98,103-109,113,115-131H,7-34,36,38-47H2,1-6H3,(H,99,110)(H,100,111)(H,101,112)(H,102,114)/b37-35+/t48?,52-,53+,54?,55?,56?,57?,58?,59?,60?,61?,63?,64?,65?,66+,67-,68-,69-,70-,71+,72+,73+,74?,75-,76-,77+,78-,79?,80?,81?,82?,83+,84+,85+,86+,87-,88-,89?,90+,91-,92-,93+,94+,95-,96-,97-,98-/m0/s1. The second-order valence-corrected chi connectivity index (χ2v) is 40.5. The fourth-order valence-corrected chi connectivity index (χ4v) is 20.1. The fraction of sp³-hybridized carbons (Fsp3) is 0.939. The van der Waals surface area contributed by atoms with Crippen LogP contribution in [-0.4, -0.2) is 499 Å². The highest BCUT2D eigenvalue weighted by Crippen LogP contribution is 2.41. The topological polar surface area (TPSA) is 788 Å². The van der Waals surface area contributed by atoms with E-state index in [9.17, 15) is 147 Å². The summed E-state index contributed by atoms with van der Waals surface area (Å²) in [6.45, 7) is -0.677. The summed E-state index contributed by atoms with van der Waals surface area (Å²) in [5, 5.41) is 294. The van der Waals surface area contributed by atoms with E-state index in [1.807, 2.05) is 6.08 Å². The number of ether oxygens (including phenoxy) is 18. The zero-order valence-electron chi connectivity index (χ0n) is 86.0. The van der Waals surface area contributed by atoms with E-state index in [0.29, 0.717) is 12.8 Å². The van der Waals surface area contributed by atoms with Gasteiger partial charge in [-0.2, -0.15) is 0 Å². The first-order valence-electron chi connectivity index (χ1n) is 53.4. The van der Waals surface area contributed by atoms with Gasteiger partial charge in [0.1, 0.15) is 213 Å². The minimum atomic E-state index is -2.52. The van der Waals surface area contributed by atoms with Gasteiger partial charge in [-0.1, -0.05) is 193 Å². The van der Waals surface area contributed by atoms with Crippen LogP contribution in [0.25, 0.3) is 0 Å². The minimum absolute atomic E-state index is 0.132. The van der Waals surface area contributed by atoms with Crippen LogP contribution < -0.4 is 21.3 Å². The molecule has 51 nitrogen and oxygen atoms in total. The van der Waals surface area contributed by atoms with Crippen LogP contribution in [0, 0.1) is 0 Å². The molecule has 0 bridgehead atoms. The zero-order chi connectivity index (χ0) is 109. The molecule has 18 unspecified atom stereocenters. The summed E-state index contributed by atoms with van der Waals surface area (Å²) in [5.74, 6) is -3.25. The van der Waals surface area contributed by atoms with Gasteiger partial charge >= 0.3 is 0 Å². The number of amides is 4. The molecule has 51 heteroatoms. The lowest BCUT2D eigenvalue weighted by atomic mass is 9.93. The van der Waals surface area contributed by atoms with Gasteiger partial charge in [0.2, 0.25) is 23.6 Å². The van der Waals surface area contributed by atoms with Crippen molar-refractivity contribution in [2.45, 2.75) is 522 Å². The predicted octanol–water partition coefficient (Wildman–Crippen LogP) is -7.00. The Hall–Kier alpha value is -4.10. The lowest BCUT2D eigenvalue weighted by Gasteiger charge is -2.51. The van der Waals surface area contributed by atoms with E-state index in [2.05, 4.69) is 35.1 Å². The third-order valence-electron chi connectivity index (χ3n) is 28.9. The Morgan fingerprint density at radius 1 is 0.282 bits per heavy atom. The SMILES string of the molecule is CCCCCCCCCCCCC/C=C/[C@@H](O)[C@H](CO[C@@H]1OC(CO)[C@@H](O[C@@H]2OC(CO)[C@H](O)[C@H](O[C@@H]3OC(CO)[C@@H](O[C@@H]4OC(CO[C@@H]5OC(CO)[C@@H](O[C@@H]6OC(CO)[C@H](O)[C@H](O)C6O[C@H]6OC(C)[C@@H](O)C(O)[C@@H]6O)[C@H](O)C5NC(C)=O)[C@H](O)[C@H](O[C@@H]5OC(CO)[C@@H](O[C@@H]6OC(CO)[C@H](O)[C@H](O)C6O)[C@H](O)C5NC(C)=O)C4O)[C@H](O)C3NC(C)=O)C2O)[C@H](O)C1O)NC(=O)CCCCCCCCCCCCCCCCCCC. The highest BCUT2D eigenvalue weighted by molar-refractivity contribution is 5.76. The molecule has 9 rings (SSSR count). The second kappa shape index (κ2) is 65.4. The molecule has 0 aromatic heterocycles. The van der Waals surface area contributed by atoms with Crippen LogP contribution in [0.15, 0.2) is 12.2 Å². The number of aliphatic hydroxyl groups excluding tert-OH is 25. The van der Waals surface area contributed by atoms with Crippen LogP contribution in [0.1, 0.15) is 234 Å². The number of hydrogen-bond donors (Lipinski definition) is 29. The summed E-state index contributed by atoms with van der Waals surface area (Å²) in [6, 6.07) is -7.02. The van der Waals surface area contributed by atoms with E-state index in [0.717, 1.165) is 85.0 Å². The molecule has 9 fully saturated rings. The molecule has 9 aliphatic heterocycles. The van der Waals surface area contributed by atoms with Gasteiger partial charge in [0, 0.05) is 27.2 Å². The third kappa shape index (κ3) is 36.5. The number of rotatable bonds is 63. The summed E-state index contributed by atoms with van der Waals surface area (Å²) in [6.07, 6.45) is -50.2. The van der Waals surface area contributed by atoms with Crippen LogP contribution in [0.5, 0.6) is 0 Å². The average Bonchev–Trinajstić information content (AvgIpc) is 0.768. The van der Waals surface area contributed by atoms with Crippen molar-refractivity contribution in [3.8, 4) is 0 Å². The molecule has 0 saturated carbocycles. The van der Waals surface area contributed by atoms with Crippen molar-refractivity contribution < 1.29 is 232 Å². The first-order valence-corrected chi connectivity index (χ1v) is 53.4. The van der Waals surface area contributed by atoms with E-state index < -0.39 is 365 Å².